The third-order valence-electron chi connectivity index (χ3n) is 5.08. The third-order valence-corrected chi connectivity index (χ3v) is 5.08. The summed E-state index contributed by atoms with van der Waals surface area (Å²) in [5.74, 6) is 0.848. The Morgan fingerprint density at radius 1 is 1.30 bits per heavy atom. The van der Waals surface area contributed by atoms with Crippen LogP contribution in [0.25, 0.3) is 0 Å². The second-order valence-electron chi connectivity index (χ2n) is 7.74. The smallest absolute Gasteiger partial charge is 0.0940 e. The van der Waals surface area contributed by atoms with Gasteiger partial charge in [-0.25, -0.2) is 0 Å². The van der Waals surface area contributed by atoms with Crippen LogP contribution in [0.3, 0.4) is 0 Å². The second-order valence-corrected chi connectivity index (χ2v) is 7.74. The fourth-order valence-corrected chi connectivity index (χ4v) is 3.91. The van der Waals surface area contributed by atoms with Gasteiger partial charge in [-0.3, -0.25) is 4.90 Å². The maximum atomic E-state index is 9.43. The molecule has 0 aromatic rings. The highest BCUT2D eigenvalue weighted by Crippen LogP contribution is 2.39. The fourth-order valence-electron chi connectivity index (χ4n) is 3.91. The van der Waals surface area contributed by atoms with Gasteiger partial charge in [0.05, 0.1) is 18.3 Å². The van der Waals surface area contributed by atoms with E-state index in [1.807, 2.05) is 0 Å². The van der Waals surface area contributed by atoms with Crippen molar-refractivity contribution in [1.29, 1.82) is 0 Å². The van der Waals surface area contributed by atoms with Crippen LogP contribution in [0.5, 0.6) is 0 Å². The first kappa shape index (κ1) is 16.2. The largest absolute Gasteiger partial charge is 0.394 e. The van der Waals surface area contributed by atoms with Crippen LogP contribution in [-0.2, 0) is 4.74 Å². The van der Waals surface area contributed by atoms with Crippen molar-refractivity contribution in [3.8, 4) is 0 Å². The summed E-state index contributed by atoms with van der Waals surface area (Å²) < 4.78 is 5.90. The van der Waals surface area contributed by atoms with Crippen LogP contribution in [-0.4, -0.2) is 54.5 Å². The highest BCUT2D eigenvalue weighted by molar-refractivity contribution is 4.92. The van der Waals surface area contributed by atoms with Gasteiger partial charge in [0.2, 0.25) is 0 Å². The lowest BCUT2D eigenvalue weighted by Crippen LogP contribution is -2.57. The number of aliphatic hydroxyl groups excluding tert-OH is 1. The van der Waals surface area contributed by atoms with Crippen molar-refractivity contribution in [2.24, 2.45) is 17.1 Å². The number of nitrogens with zero attached hydrogens (tertiary/aromatic N) is 1. The second kappa shape index (κ2) is 6.30. The van der Waals surface area contributed by atoms with Crippen molar-refractivity contribution in [2.75, 3.05) is 32.8 Å². The van der Waals surface area contributed by atoms with Crippen LogP contribution in [0.1, 0.15) is 46.5 Å². The van der Waals surface area contributed by atoms with E-state index in [0.29, 0.717) is 0 Å². The number of ether oxygens (including phenoxy) is 1. The summed E-state index contributed by atoms with van der Waals surface area (Å²) >= 11 is 0. The standard InChI is InChI=1S/C16H32N2O2/c1-13-4-6-16(10-17,7-5-13)12-18-8-14(9-19)20-15(2,3)11-18/h13-14,19H,4-12,17H2,1-3H3. The molecule has 1 aliphatic heterocycles. The van der Waals surface area contributed by atoms with Gasteiger partial charge in [0.25, 0.3) is 0 Å². The molecule has 1 heterocycles. The normalized spacial score (nSPS) is 38.9. The van der Waals surface area contributed by atoms with Gasteiger partial charge in [-0.1, -0.05) is 19.8 Å². The predicted molar refractivity (Wildman–Crippen MR) is 81.6 cm³/mol. The van der Waals surface area contributed by atoms with Gasteiger partial charge in [-0.2, -0.15) is 0 Å². The molecule has 2 aliphatic rings. The number of aliphatic hydroxyl groups is 1. The molecule has 118 valence electrons. The topological polar surface area (TPSA) is 58.7 Å². The third kappa shape index (κ3) is 3.94. The Balaban J connectivity index is 1.99. The predicted octanol–water partition coefficient (Wildman–Crippen LogP) is 1.61. The van der Waals surface area contributed by atoms with Crippen molar-refractivity contribution in [3.05, 3.63) is 0 Å². The number of rotatable bonds is 4. The minimum atomic E-state index is -0.177. The molecule has 0 bridgehead atoms. The summed E-state index contributed by atoms with van der Waals surface area (Å²) in [5, 5.41) is 9.43. The van der Waals surface area contributed by atoms with Crippen molar-refractivity contribution in [1.82, 2.24) is 4.90 Å². The summed E-state index contributed by atoms with van der Waals surface area (Å²) in [7, 11) is 0. The minimum Gasteiger partial charge on any atom is -0.394 e. The Hall–Kier alpha value is -0.160. The molecule has 3 N–H and O–H groups in total. The van der Waals surface area contributed by atoms with Crippen LogP contribution in [0, 0.1) is 11.3 Å². The Bertz CT molecular complexity index is 312. The van der Waals surface area contributed by atoms with Gasteiger partial charge < -0.3 is 15.6 Å². The molecule has 0 amide bonds. The monoisotopic (exact) mass is 284 g/mol. The summed E-state index contributed by atoms with van der Waals surface area (Å²) in [4.78, 5) is 2.47. The van der Waals surface area contributed by atoms with E-state index in [2.05, 4.69) is 25.7 Å². The molecule has 0 aromatic carbocycles. The molecule has 1 atom stereocenters. The fraction of sp³-hybridized carbons (Fsp3) is 1.00. The zero-order valence-corrected chi connectivity index (χ0v) is 13.4. The molecule has 1 saturated heterocycles. The van der Waals surface area contributed by atoms with E-state index in [1.165, 1.54) is 25.7 Å². The zero-order chi connectivity index (χ0) is 14.8. The van der Waals surface area contributed by atoms with Crippen LogP contribution >= 0.6 is 0 Å². The summed E-state index contributed by atoms with van der Waals surface area (Å²) in [6, 6.07) is 0. The van der Waals surface area contributed by atoms with Crippen LogP contribution in [0.15, 0.2) is 0 Å². The lowest BCUT2D eigenvalue weighted by molar-refractivity contribution is -0.155. The first-order valence-corrected chi connectivity index (χ1v) is 8.09. The van der Waals surface area contributed by atoms with Crippen LogP contribution in [0.4, 0.5) is 0 Å². The van der Waals surface area contributed by atoms with Gasteiger partial charge in [0.1, 0.15) is 0 Å². The van der Waals surface area contributed by atoms with E-state index in [0.717, 1.165) is 32.1 Å². The number of hydrogen-bond acceptors (Lipinski definition) is 4. The molecule has 20 heavy (non-hydrogen) atoms. The average Bonchev–Trinajstić information content (AvgIpc) is 2.40. The summed E-state index contributed by atoms with van der Waals surface area (Å²) in [6.07, 6.45) is 5.03. The molecule has 2 rings (SSSR count). The Morgan fingerprint density at radius 3 is 2.50 bits per heavy atom. The Kier molecular flexibility index (Phi) is 5.11. The highest BCUT2D eigenvalue weighted by atomic mass is 16.5. The first-order chi connectivity index (χ1) is 9.38. The van der Waals surface area contributed by atoms with Crippen LogP contribution < -0.4 is 5.73 Å². The molecule has 0 aromatic heterocycles. The van der Waals surface area contributed by atoms with Crippen molar-refractivity contribution in [3.63, 3.8) is 0 Å². The maximum Gasteiger partial charge on any atom is 0.0940 e. The molecular formula is C16H32N2O2. The Labute approximate surface area is 123 Å². The SMILES string of the molecule is CC1CCC(CN)(CN2CC(CO)OC(C)(C)C2)CC1. The molecule has 4 nitrogen and oxygen atoms in total. The molecule has 1 saturated carbocycles. The van der Waals surface area contributed by atoms with Gasteiger partial charge >= 0.3 is 0 Å². The summed E-state index contributed by atoms with van der Waals surface area (Å²) in [5.41, 5.74) is 6.23. The molecule has 1 aliphatic carbocycles. The molecule has 4 heteroatoms. The average molecular weight is 284 g/mol. The number of morpholine rings is 1. The van der Waals surface area contributed by atoms with Gasteiger partial charge in [0.15, 0.2) is 0 Å². The molecular weight excluding hydrogens is 252 g/mol. The van der Waals surface area contributed by atoms with Crippen molar-refractivity contribution >= 4 is 0 Å². The van der Waals surface area contributed by atoms with Gasteiger partial charge in [-0.15, -0.1) is 0 Å². The van der Waals surface area contributed by atoms with E-state index < -0.39 is 0 Å². The lowest BCUT2D eigenvalue weighted by atomic mass is 9.70. The minimum absolute atomic E-state index is 0.0592. The first-order valence-electron chi connectivity index (χ1n) is 8.09. The zero-order valence-electron chi connectivity index (χ0n) is 13.4. The lowest BCUT2D eigenvalue weighted by Gasteiger charge is -2.47. The van der Waals surface area contributed by atoms with E-state index in [9.17, 15) is 5.11 Å². The Morgan fingerprint density at radius 2 is 1.95 bits per heavy atom. The molecule has 0 spiro atoms. The van der Waals surface area contributed by atoms with Crippen molar-refractivity contribution in [2.45, 2.75) is 58.2 Å². The molecule has 0 radical (unpaired) electrons. The number of nitrogens with two attached hydrogens (primary N) is 1. The van der Waals surface area contributed by atoms with E-state index in [-0.39, 0.29) is 23.7 Å². The highest BCUT2D eigenvalue weighted by Gasteiger charge is 2.39. The van der Waals surface area contributed by atoms with E-state index >= 15 is 0 Å². The quantitative estimate of drug-likeness (QED) is 0.823. The number of hydrogen-bond donors (Lipinski definition) is 2. The molecule has 1 unspecified atom stereocenters. The van der Waals surface area contributed by atoms with Crippen molar-refractivity contribution < 1.29 is 9.84 Å². The summed E-state index contributed by atoms with van der Waals surface area (Å²) in [6.45, 7) is 10.3. The van der Waals surface area contributed by atoms with Crippen LogP contribution in [0.2, 0.25) is 0 Å². The maximum absolute atomic E-state index is 9.43. The van der Waals surface area contributed by atoms with Gasteiger partial charge in [-0.05, 0) is 44.6 Å². The van der Waals surface area contributed by atoms with E-state index in [1.54, 1.807) is 0 Å². The van der Waals surface area contributed by atoms with E-state index in [4.69, 9.17) is 10.5 Å². The van der Waals surface area contributed by atoms with Gasteiger partial charge in [0, 0.05) is 19.6 Å². The molecule has 2 fully saturated rings.